The Morgan fingerprint density at radius 3 is 2.50 bits per heavy atom. The Morgan fingerprint density at radius 1 is 1.17 bits per heavy atom. The number of carbonyl (C=O) groups is 2. The molecule has 4 heteroatoms. The average molecular weight is 243 g/mol. The van der Waals surface area contributed by atoms with Crippen molar-refractivity contribution in [3.63, 3.8) is 0 Å². The Hall–Kier alpha value is -2.36. The molecule has 1 heterocycles. The largest absolute Gasteiger partial charge is 0.459 e. The molecule has 0 saturated carbocycles. The summed E-state index contributed by atoms with van der Waals surface area (Å²) in [6.07, 6.45) is 1.41. The van der Waals surface area contributed by atoms with Gasteiger partial charge in [0.15, 0.2) is 11.5 Å². The van der Waals surface area contributed by atoms with Crippen LogP contribution in [0.3, 0.4) is 0 Å². The van der Waals surface area contributed by atoms with E-state index < -0.39 is 0 Å². The van der Waals surface area contributed by atoms with Crippen LogP contribution >= 0.6 is 0 Å². The van der Waals surface area contributed by atoms with Gasteiger partial charge in [-0.15, -0.1) is 0 Å². The number of ketones is 1. The quantitative estimate of drug-likeness (QED) is 0.837. The summed E-state index contributed by atoms with van der Waals surface area (Å²) >= 11 is 0. The number of aryl methyl sites for hydroxylation is 1. The average Bonchev–Trinajstić information content (AvgIpc) is 2.90. The van der Waals surface area contributed by atoms with Crippen molar-refractivity contribution in [1.29, 1.82) is 0 Å². The van der Waals surface area contributed by atoms with Gasteiger partial charge in [0.1, 0.15) is 0 Å². The highest BCUT2D eigenvalue weighted by molar-refractivity contribution is 6.01. The molecule has 0 aliphatic rings. The Morgan fingerprint density at radius 2 is 1.89 bits per heavy atom. The second kappa shape index (κ2) is 5.31. The fourth-order valence-corrected chi connectivity index (χ4v) is 1.50. The number of benzene rings is 1. The van der Waals surface area contributed by atoms with Gasteiger partial charge in [-0.25, -0.2) is 0 Å². The molecule has 0 fully saturated rings. The number of Topliss-reactive ketones (excluding diaryl/α,β-unsaturated/α-hetero) is 1. The van der Waals surface area contributed by atoms with Gasteiger partial charge in [0.05, 0.1) is 12.8 Å². The van der Waals surface area contributed by atoms with Gasteiger partial charge in [0.2, 0.25) is 0 Å². The first-order valence-corrected chi connectivity index (χ1v) is 5.58. The smallest absolute Gasteiger partial charge is 0.287 e. The van der Waals surface area contributed by atoms with Crippen LogP contribution in [0.4, 0.5) is 0 Å². The van der Waals surface area contributed by atoms with E-state index in [4.69, 9.17) is 4.42 Å². The summed E-state index contributed by atoms with van der Waals surface area (Å²) < 4.78 is 4.93. The van der Waals surface area contributed by atoms with Crippen molar-refractivity contribution in [3.05, 3.63) is 59.5 Å². The van der Waals surface area contributed by atoms with E-state index in [1.807, 2.05) is 19.1 Å². The zero-order chi connectivity index (χ0) is 13.0. The topological polar surface area (TPSA) is 59.3 Å². The van der Waals surface area contributed by atoms with Crippen molar-refractivity contribution < 1.29 is 14.0 Å². The molecular formula is C14H13NO3. The molecule has 4 nitrogen and oxygen atoms in total. The molecule has 0 atom stereocenters. The molecule has 0 aliphatic heterocycles. The monoisotopic (exact) mass is 243 g/mol. The van der Waals surface area contributed by atoms with Gasteiger partial charge >= 0.3 is 0 Å². The maximum absolute atomic E-state index is 11.8. The van der Waals surface area contributed by atoms with E-state index in [1.165, 1.54) is 6.26 Å². The first kappa shape index (κ1) is 12.1. The molecular weight excluding hydrogens is 230 g/mol. The highest BCUT2D eigenvalue weighted by Crippen LogP contribution is 2.04. The van der Waals surface area contributed by atoms with Crippen molar-refractivity contribution >= 4 is 11.7 Å². The van der Waals surface area contributed by atoms with Crippen LogP contribution in [0.25, 0.3) is 0 Å². The van der Waals surface area contributed by atoms with E-state index in [-0.39, 0.29) is 24.0 Å². The maximum atomic E-state index is 11.8. The van der Waals surface area contributed by atoms with Crippen molar-refractivity contribution in [1.82, 2.24) is 5.32 Å². The first-order chi connectivity index (χ1) is 8.66. The van der Waals surface area contributed by atoms with E-state index in [0.717, 1.165) is 5.56 Å². The van der Waals surface area contributed by atoms with Crippen LogP contribution in [0.2, 0.25) is 0 Å². The Kier molecular flexibility index (Phi) is 3.57. The lowest BCUT2D eigenvalue weighted by Crippen LogP contribution is -2.29. The van der Waals surface area contributed by atoms with Crippen LogP contribution in [-0.4, -0.2) is 18.2 Å². The standard InChI is InChI=1S/C14H13NO3/c1-10-4-6-11(7-5-10)12(16)9-15-14(17)13-3-2-8-18-13/h2-8H,9H2,1H3,(H,15,17). The molecule has 18 heavy (non-hydrogen) atoms. The van der Waals surface area contributed by atoms with Crippen molar-refractivity contribution in [2.75, 3.05) is 6.54 Å². The lowest BCUT2D eigenvalue weighted by Gasteiger charge is -2.03. The summed E-state index contributed by atoms with van der Waals surface area (Å²) in [4.78, 5) is 23.3. The third kappa shape index (κ3) is 2.85. The summed E-state index contributed by atoms with van der Waals surface area (Å²) in [6.45, 7) is 1.91. The minimum Gasteiger partial charge on any atom is -0.459 e. The summed E-state index contributed by atoms with van der Waals surface area (Å²) in [5, 5.41) is 2.52. The maximum Gasteiger partial charge on any atom is 0.287 e. The number of amides is 1. The zero-order valence-electron chi connectivity index (χ0n) is 9.97. The van der Waals surface area contributed by atoms with Crippen LogP contribution in [0.1, 0.15) is 26.5 Å². The second-order valence-electron chi connectivity index (χ2n) is 3.95. The minimum absolute atomic E-state index is 0.0391. The summed E-state index contributed by atoms with van der Waals surface area (Å²) in [6, 6.07) is 10.4. The van der Waals surface area contributed by atoms with Gasteiger partial charge < -0.3 is 9.73 Å². The molecule has 1 N–H and O–H groups in total. The van der Waals surface area contributed by atoms with Gasteiger partial charge in [-0.2, -0.15) is 0 Å². The van der Waals surface area contributed by atoms with E-state index in [0.29, 0.717) is 5.56 Å². The van der Waals surface area contributed by atoms with Crippen molar-refractivity contribution in [3.8, 4) is 0 Å². The Labute approximate surface area is 105 Å². The SMILES string of the molecule is Cc1ccc(C(=O)CNC(=O)c2ccco2)cc1. The van der Waals surface area contributed by atoms with Crippen LogP contribution < -0.4 is 5.32 Å². The number of nitrogens with one attached hydrogen (secondary N) is 1. The van der Waals surface area contributed by atoms with Crippen molar-refractivity contribution in [2.24, 2.45) is 0 Å². The first-order valence-electron chi connectivity index (χ1n) is 5.58. The lowest BCUT2D eigenvalue weighted by atomic mass is 10.1. The molecule has 92 valence electrons. The number of rotatable bonds is 4. The molecule has 0 unspecified atom stereocenters. The predicted molar refractivity (Wildman–Crippen MR) is 66.6 cm³/mol. The predicted octanol–water partition coefficient (Wildman–Crippen LogP) is 2.20. The van der Waals surface area contributed by atoms with E-state index in [1.54, 1.807) is 24.3 Å². The number of hydrogen-bond donors (Lipinski definition) is 1. The molecule has 0 radical (unpaired) electrons. The van der Waals surface area contributed by atoms with E-state index >= 15 is 0 Å². The molecule has 1 aromatic carbocycles. The Bertz CT molecular complexity index is 541. The van der Waals surface area contributed by atoms with Gasteiger partial charge in [0, 0.05) is 5.56 Å². The molecule has 1 amide bonds. The van der Waals surface area contributed by atoms with Gasteiger partial charge in [-0.05, 0) is 19.1 Å². The molecule has 0 bridgehead atoms. The van der Waals surface area contributed by atoms with Gasteiger partial charge in [0.25, 0.3) is 5.91 Å². The van der Waals surface area contributed by atoms with E-state index in [9.17, 15) is 9.59 Å². The van der Waals surface area contributed by atoms with Crippen LogP contribution in [0.15, 0.2) is 47.1 Å². The van der Waals surface area contributed by atoms with Gasteiger partial charge in [-0.3, -0.25) is 9.59 Å². The highest BCUT2D eigenvalue weighted by Gasteiger charge is 2.11. The van der Waals surface area contributed by atoms with E-state index in [2.05, 4.69) is 5.32 Å². The molecule has 0 saturated heterocycles. The summed E-state index contributed by atoms with van der Waals surface area (Å²) in [7, 11) is 0. The molecule has 0 spiro atoms. The number of furan rings is 1. The molecule has 2 rings (SSSR count). The fraction of sp³-hybridized carbons (Fsp3) is 0.143. The Balaban J connectivity index is 1.92. The summed E-state index contributed by atoms with van der Waals surface area (Å²) in [5.41, 5.74) is 1.67. The molecule has 2 aromatic rings. The van der Waals surface area contributed by atoms with Crippen LogP contribution in [0, 0.1) is 6.92 Å². The highest BCUT2D eigenvalue weighted by atomic mass is 16.3. The zero-order valence-corrected chi connectivity index (χ0v) is 9.97. The third-order valence-corrected chi connectivity index (χ3v) is 2.53. The lowest BCUT2D eigenvalue weighted by molar-refractivity contribution is 0.0885. The molecule has 0 aliphatic carbocycles. The number of hydrogen-bond acceptors (Lipinski definition) is 3. The molecule has 1 aromatic heterocycles. The fourth-order valence-electron chi connectivity index (χ4n) is 1.50. The number of carbonyl (C=O) groups excluding carboxylic acids is 2. The second-order valence-corrected chi connectivity index (χ2v) is 3.95. The van der Waals surface area contributed by atoms with Crippen LogP contribution in [-0.2, 0) is 0 Å². The van der Waals surface area contributed by atoms with Gasteiger partial charge in [-0.1, -0.05) is 29.8 Å². The summed E-state index contributed by atoms with van der Waals surface area (Å²) in [5.74, 6) is -0.318. The van der Waals surface area contributed by atoms with Crippen LogP contribution in [0.5, 0.6) is 0 Å². The normalized spacial score (nSPS) is 10.1. The minimum atomic E-state index is -0.388. The van der Waals surface area contributed by atoms with Crippen molar-refractivity contribution in [2.45, 2.75) is 6.92 Å². The third-order valence-electron chi connectivity index (χ3n) is 2.53.